The topological polar surface area (TPSA) is 0 Å². The van der Waals surface area contributed by atoms with Gasteiger partial charge in [-0.3, -0.25) is 0 Å². The quantitative estimate of drug-likeness (QED) is 0.480. The Morgan fingerprint density at radius 3 is 0.417 bits per heavy atom. The van der Waals surface area contributed by atoms with Crippen molar-refractivity contribution in [3.63, 3.8) is 0 Å². The second kappa shape index (κ2) is 33.3. The molecule has 0 nitrogen and oxygen atoms in total. The van der Waals surface area contributed by atoms with E-state index in [0.29, 0.717) is 0 Å². The Hall–Kier alpha value is -1.32. The Labute approximate surface area is 77.8 Å². The molecule has 0 aliphatic heterocycles. The van der Waals surface area contributed by atoms with Crippen molar-refractivity contribution in [1.29, 1.82) is 0 Å². The molecule has 12 heavy (non-hydrogen) atoms. The Morgan fingerprint density at radius 1 is 0.333 bits per heavy atom. The van der Waals surface area contributed by atoms with Gasteiger partial charge in [0.15, 0.2) is 0 Å². The van der Waals surface area contributed by atoms with E-state index in [1.54, 1.807) is 0 Å². The maximum Gasteiger partial charge on any atom is -0.00271 e. The fourth-order valence-corrected chi connectivity index (χ4v) is 0. The molecule has 0 aromatic heterocycles. The lowest BCUT2D eigenvalue weighted by molar-refractivity contribution is 1.83. The Balaban J connectivity index is -0.000000101. The predicted molar refractivity (Wildman–Crippen MR) is 57.4 cm³/mol. The summed E-state index contributed by atoms with van der Waals surface area (Å²) in [6.07, 6.45) is 0. The molecule has 0 spiro atoms. The van der Waals surface area contributed by atoms with Crippen LogP contribution in [0.4, 0.5) is 0 Å². The van der Waals surface area contributed by atoms with Crippen LogP contribution < -0.4 is 0 Å². The van der Waals surface area contributed by atoms with E-state index in [-0.39, 0.29) is 0 Å². The van der Waals surface area contributed by atoms with Crippen molar-refractivity contribution in [2.24, 2.45) is 0 Å². The van der Waals surface area contributed by atoms with Crippen LogP contribution in [-0.4, -0.2) is 0 Å². The molecular weight excluding hydrogens is 144 g/mol. The summed E-state index contributed by atoms with van der Waals surface area (Å²) >= 11 is 0. The molecule has 0 unspecified atom stereocenters. The van der Waals surface area contributed by atoms with Gasteiger partial charge in [0.1, 0.15) is 0 Å². The third-order valence-electron chi connectivity index (χ3n) is 0.750. The molecule has 0 heterocycles. The van der Waals surface area contributed by atoms with Crippen LogP contribution in [0.3, 0.4) is 0 Å². The summed E-state index contributed by atoms with van der Waals surface area (Å²) < 4.78 is 0. The minimum Gasteiger partial charge on any atom is -0.107 e. The van der Waals surface area contributed by atoms with Crippen LogP contribution in [0.2, 0.25) is 0 Å². The first-order valence-corrected chi connectivity index (χ1v) is 3.75. The van der Waals surface area contributed by atoms with Gasteiger partial charge >= 0.3 is 0 Å². The van der Waals surface area contributed by atoms with Crippen molar-refractivity contribution in [3.05, 3.63) is 0 Å². The van der Waals surface area contributed by atoms with E-state index in [1.807, 2.05) is 41.5 Å². The fourth-order valence-electron chi connectivity index (χ4n) is 0. The van der Waals surface area contributed by atoms with Crippen LogP contribution in [0.1, 0.15) is 41.5 Å². The summed E-state index contributed by atoms with van der Waals surface area (Å²) in [5, 5.41) is 0. The minimum absolute atomic E-state index is 1.82. The van der Waals surface area contributed by atoms with E-state index >= 15 is 0 Å². The summed E-state index contributed by atoms with van der Waals surface area (Å²) in [6.45, 7) is 10.9. The Morgan fingerprint density at radius 2 is 0.417 bits per heavy atom. The van der Waals surface area contributed by atoms with E-state index in [2.05, 4.69) is 35.5 Å². The van der Waals surface area contributed by atoms with Gasteiger partial charge in [-0.05, 0) is 41.5 Å². The first-order chi connectivity index (χ1) is 5.74. The van der Waals surface area contributed by atoms with Gasteiger partial charge in [0.2, 0.25) is 0 Å². The lowest BCUT2D eigenvalue weighted by Crippen LogP contribution is -1.28. The average Bonchev–Trinajstić information content (AvgIpc) is 2.18. The summed E-state index contributed by atoms with van der Waals surface area (Å²) in [6, 6.07) is 0. The van der Waals surface area contributed by atoms with Gasteiger partial charge in [-0.25, -0.2) is 0 Å². The molecule has 0 aromatic carbocycles. The van der Waals surface area contributed by atoms with E-state index < -0.39 is 0 Å². The zero-order valence-electron chi connectivity index (χ0n) is 9.00. The van der Waals surface area contributed by atoms with Crippen molar-refractivity contribution < 1.29 is 0 Å². The van der Waals surface area contributed by atoms with E-state index in [0.717, 1.165) is 0 Å². The summed E-state index contributed by atoms with van der Waals surface area (Å²) in [5.74, 6) is 16.1. The van der Waals surface area contributed by atoms with Gasteiger partial charge in [0, 0.05) is 0 Å². The smallest absolute Gasteiger partial charge is 0.00271 e. The van der Waals surface area contributed by atoms with Crippen LogP contribution in [0, 0.1) is 35.5 Å². The molecule has 0 aliphatic rings. The molecule has 0 atom stereocenters. The highest BCUT2D eigenvalue weighted by atomic mass is 13.3. The number of hydrogen-bond acceptors (Lipinski definition) is 0. The van der Waals surface area contributed by atoms with Gasteiger partial charge in [-0.1, -0.05) is 0 Å². The summed E-state index contributed by atoms with van der Waals surface area (Å²) in [5.41, 5.74) is 0. The van der Waals surface area contributed by atoms with Gasteiger partial charge in [-0.15, -0.1) is 35.5 Å². The standard InChI is InChI=1S/3C4H6/c3*1-3-4-2/h3*1-2H3. The normalized spacial score (nSPS) is 3.50. The van der Waals surface area contributed by atoms with Crippen LogP contribution in [0.25, 0.3) is 0 Å². The van der Waals surface area contributed by atoms with Gasteiger partial charge in [0.25, 0.3) is 0 Å². The molecule has 0 radical (unpaired) electrons. The highest BCUT2D eigenvalue weighted by Gasteiger charge is 1.27. The summed E-state index contributed by atoms with van der Waals surface area (Å²) in [4.78, 5) is 0. The predicted octanol–water partition coefficient (Wildman–Crippen LogP) is 3.09. The maximum absolute atomic E-state index is 2.68. The van der Waals surface area contributed by atoms with Crippen LogP contribution in [-0.2, 0) is 0 Å². The largest absolute Gasteiger partial charge is 0.107 e. The molecule has 0 saturated heterocycles. The summed E-state index contributed by atoms with van der Waals surface area (Å²) in [7, 11) is 0. The Kier molecular flexibility index (Phi) is 47.1. The molecule has 0 rings (SSSR count). The fraction of sp³-hybridized carbons (Fsp3) is 0.500. The molecule has 0 aromatic rings. The highest BCUT2D eigenvalue weighted by molar-refractivity contribution is 4.89. The lowest BCUT2D eigenvalue weighted by Gasteiger charge is -1.40. The van der Waals surface area contributed by atoms with Gasteiger partial charge in [-0.2, -0.15) is 0 Å². The van der Waals surface area contributed by atoms with Crippen molar-refractivity contribution >= 4 is 0 Å². The molecule has 0 fully saturated rings. The monoisotopic (exact) mass is 162 g/mol. The number of hydrogen-bond donors (Lipinski definition) is 0. The first kappa shape index (κ1) is 17.0. The molecule has 0 aliphatic carbocycles. The zero-order valence-corrected chi connectivity index (χ0v) is 9.00. The van der Waals surface area contributed by atoms with E-state index in [4.69, 9.17) is 0 Å². The molecular formula is C12H18. The van der Waals surface area contributed by atoms with E-state index in [1.165, 1.54) is 0 Å². The second-order valence-electron chi connectivity index (χ2n) is 1.50. The molecule has 0 amide bonds. The molecule has 66 valence electrons. The SMILES string of the molecule is CC#CC.CC#CC.CC#CC. The van der Waals surface area contributed by atoms with Crippen molar-refractivity contribution in [2.75, 3.05) is 0 Å². The van der Waals surface area contributed by atoms with Crippen molar-refractivity contribution in [3.8, 4) is 35.5 Å². The second-order valence-corrected chi connectivity index (χ2v) is 1.50. The van der Waals surface area contributed by atoms with Crippen molar-refractivity contribution in [2.45, 2.75) is 41.5 Å². The Bertz CT molecular complexity index is 153. The zero-order chi connectivity index (χ0) is 10.2. The van der Waals surface area contributed by atoms with Crippen LogP contribution in [0.5, 0.6) is 0 Å². The third-order valence-corrected chi connectivity index (χ3v) is 0.750. The van der Waals surface area contributed by atoms with Crippen LogP contribution in [0.15, 0.2) is 0 Å². The molecule has 0 saturated carbocycles. The van der Waals surface area contributed by atoms with Crippen LogP contribution >= 0.6 is 0 Å². The van der Waals surface area contributed by atoms with E-state index in [9.17, 15) is 0 Å². The molecule has 0 heteroatoms. The average molecular weight is 162 g/mol. The lowest BCUT2D eigenvalue weighted by atomic mass is 10.7. The third kappa shape index (κ3) is 181. The molecule has 0 N–H and O–H groups in total. The van der Waals surface area contributed by atoms with Crippen molar-refractivity contribution in [1.82, 2.24) is 0 Å². The minimum atomic E-state index is 1.82. The highest BCUT2D eigenvalue weighted by Crippen LogP contribution is 1.39. The molecule has 0 bridgehead atoms. The first-order valence-electron chi connectivity index (χ1n) is 3.75. The van der Waals surface area contributed by atoms with Gasteiger partial charge < -0.3 is 0 Å². The number of rotatable bonds is 0. The van der Waals surface area contributed by atoms with Gasteiger partial charge in [0.05, 0.1) is 0 Å². The maximum atomic E-state index is 2.68.